The van der Waals surface area contributed by atoms with Crippen molar-refractivity contribution < 1.29 is 32.4 Å². The van der Waals surface area contributed by atoms with E-state index in [0.29, 0.717) is 31.7 Å². The summed E-state index contributed by atoms with van der Waals surface area (Å²) in [5.41, 5.74) is -1.60. The van der Waals surface area contributed by atoms with E-state index in [9.17, 15) is 32.9 Å². The first-order valence-corrected chi connectivity index (χ1v) is 9.50. The summed E-state index contributed by atoms with van der Waals surface area (Å²) < 4.78 is 43.9. The third kappa shape index (κ3) is 4.86. The summed E-state index contributed by atoms with van der Waals surface area (Å²) in [5, 5.41) is 11.3. The van der Waals surface area contributed by atoms with Gasteiger partial charge in [-0.15, -0.1) is 0 Å². The molecule has 0 bridgehead atoms. The predicted molar refractivity (Wildman–Crippen MR) is 96.4 cm³/mol. The molecule has 2 aliphatic rings. The first kappa shape index (κ1) is 21.1. The fourth-order valence-corrected chi connectivity index (χ4v) is 3.78. The molecular weight excluding hydrogens is 393 g/mol. The lowest BCUT2D eigenvalue weighted by Gasteiger charge is -2.33. The lowest BCUT2D eigenvalue weighted by atomic mass is 9.94. The van der Waals surface area contributed by atoms with Crippen LogP contribution in [0.15, 0.2) is 18.2 Å². The molecule has 1 aliphatic carbocycles. The summed E-state index contributed by atoms with van der Waals surface area (Å²) in [7, 11) is 0. The summed E-state index contributed by atoms with van der Waals surface area (Å²) in [4.78, 5) is 36.2. The standard InChI is InChI=1S/C19H21F3N2O5/c20-19(21,22)13-5-6-14(15(11-13)24(27)28)23-9-7-12(8-10-23)18(26)29-17-4-2-1-3-16(17)25/h5-6,11-12,17H,1-4,7-10H2/t17-/m1/s1. The van der Waals surface area contributed by atoms with Crippen molar-refractivity contribution in [2.45, 2.75) is 50.8 Å². The Labute approximate surface area is 165 Å². The van der Waals surface area contributed by atoms with Gasteiger partial charge in [0.15, 0.2) is 11.9 Å². The number of nitro benzene ring substituents is 1. The number of halogens is 3. The van der Waals surface area contributed by atoms with Gasteiger partial charge >= 0.3 is 12.1 Å². The Morgan fingerprint density at radius 2 is 1.86 bits per heavy atom. The molecule has 1 heterocycles. The number of ketones is 1. The second-order valence-corrected chi connectivity index (χ2v) is 7.36. The van der Waals surface area contributed by atoms with Gasteiger partial charge < -0.3 is 9.64 Å². The van der Waals surface area contributed by atoms with Crippen molar-refractivity contribution >= 4 is 23.1 Å². The van der Waals surface area contributed by atoms with Gasteiger partial charge in [-0.1, -0.05) is 0 Å². The van der Waals surface area contributed by atoms with E-state index in [1.807, 2.05) is 0 Å². The third-order valence-electron chi connectivity index (χ3n) is 5.43. The van der Waals surface area contributed by atoms with Crippen molar-refractivity contribution in [3.05, 3.63) is 33.9 Å². The topological polar surface area (TPSA) is 89.8 Å². The van der Waals surface area contributed by atoms with E-state index in [4.69, 9.17) is 4.74 Å². The smallest absolute Gasteiger partial charge is 0.416 e. The van der Waals surface area contributed by atoms with Crippen LogP contribution in [0, 0.1) is 16.0 Å². The number of carbonyl (C=O) groups is 2. The molecule has 1 saturated heterocycles. The minimum absolute atomic E-state index is 0.0672. The largest absolute Gasteiger partial charge is 0.454 e. The fraction of sp³-hybridized carbons (Fsp3) is 0.579. The van der Waals surface area contributed by atoms with E-state index >= 15 is 0 Å². The molecule has 1 saturated carbocycles. The van der Waals surface area contributed by atoms with Crippen LogP contribution in [0.5, 0.6) is 0 Å². The molecule has 1 aromatic rings. The van der Waals surface area contributed by atoms with E-state index in [1.54, 1.807) is 4.90 Å². The molecule has 10 heteroatoms. The average molecular weight is 414 g/mol. The van der Waals surface area contributed by atoms with Crippen LogP contribution in [0.1, 0.15) is 44.1 Å². The van der Waals surface area contributed by atoms with Crippen LogP contribution in [-0.4, -0.2) is 35.9 Å². The van der Waals surface area contributed by atoms with Crippen LogP contribution in [0.2, 0.25) is 0 Å². The number of nitrogens with zero attached hydrogens (tertiary/aromatic N) is 2. The van der Waals surface area contributed by atoms with Crippen LogP contribution >= 0.6 is 0 Å². The zero-order valence-electron chi connectivity index (χ0n) is 15.6. The van der Waals surface area contributed by atoms with Crippen LogP contribution in [-0.2, 0) is 20.5 Å². The first-order valence-electron chi connectivity index (χ1n) is 9.50. The summed E-state index contributed by atoms with van der Waals surface area (Å²) >= 11 is 0. The third-order valence-corrected chi connectivity index (χ3v) is 5.43. The Morgan fingerprint density at radius 1 is 1.17 bits per heavy atom. The molecule has 1 aliphatic heterocycles. The summed E-state index contributed by atoms with van der Waals surface area (Å²) in [5.74, 6) is -0.955. The lowest BCUT2D eigenvalue weighted by molar-refractivity contribution is -0.384. The predicted octanol–water partition coefficient (Wildman–Crippen LogP) is 3.88. The Bertz CT molecular complexity index is 804. The van der Waals surface area contributed by atoms with Gasteiger partial charge in [-0.3, -0.25) is 19.7 Å². The Hall–Kier alpha value is -2.65. The zero-order valence-corrected chi connectivity index (χ0v) is 15.6. The normalized spacial score (nSPS) is 21.1. The van der Waals surface area contributed by atoms with Crippen molar-refractivity contribution in [3.8, 4) is 0 Å². The van der Waals surface area contributed by atoms with Crippen LogP contribution in [0.3, 0.4) is 0 Å². The summed E-state index contributed by atoms with van der Waals surface area (Å²) in [6.45, 7) is 0.537. The van der Waals surface area contributed by atoms with Gasteiger partial charge in [0.25, 0.3) is 5.69 Å². The van der Waals surface area contributed by atoms with Gasteiger partial charge in [0.05, 0.1) is 16.4 Å². The van der Waals surface area contributed by atoms with Gasteiger partial charge in [-0.25, -0.2) is 0 Å². The number of alkyl halides is 3. The van der Waals surface area contributed by atoms with E-state index in [2.05, 4.69) is 0 Å². The van der Waals surface area contributed by atoms with Gasteiger partial charge in [-0.2, -0.15) is 13.2 Å². The number of hydrogen-bond donors (Lipinski definition) is 0. The quantitative estimate of drug-likeness (QED) is 0.422. The Morgan fingerprint density at radius 3 is 2.45 bits per heavy atom. The minimum atomic E-state index is -4.67. The average Bonchev–Trinajstić information content (AvgIpc) is 2.68. The molecule has 0 N–H and O–H groups in total. The number of hydrogen-bond acceptors (Lipinski definition) is 6. The van der Waals surface area contributed by atoms with Gasteiger partial charge in [-0.05, 0) is 44.2 Å². The number of benzene rings is 1. The maximum Gasteiger partial charge on any atom is 0.416 e. The molecule has 29 heavy (non-hydrogen) atoms. The fourth-order valence-electron chi connectivity index (χ4n) is 3.78. The number of anilines is 1. The van der Waals surface area contributed by atoms with Crippen molar-refractivity contribution in [1.82, 2.24) is 0 Å². The van der Waals surface area contributed by atoms with Gasteiger partial charge in [0.2, 0.25) is 0 Å². The highest BCUT2D eigenvalue weighted by molar-refractivity contribution is 5.86. The molecule has 0 radical (unpaired) electrons. The van der Waals surface area contributed by atoms with Crippen molar-refractivity contribution in [2.24, 2.45) is 5.92 Å². The summed E-state index contributed by atoms with van der Waals surface area (Å²) in [6.07, 6.45) is -2.09. The molecule has 0 spiro atoms. The maximum absolute atomic E-state index is 12.9. The van der Waals surface area contributed by atoms with Crippen molar-refractivity contribution in [2.75, 3.05) is 18.0 Å². The number of esters is 1. The van der Waals surface area contributed by atoms with Crippen LogP contribution < -0.4 is 4.90 Å². The molecule has 7 nitrogen and oxygen atoms in total. The minimum Gasteiger partial charge on any atom is -0.454 e. The Balaban J connectivity index is 1.65. The number of ether oxygens (including phenoxy) is 1. The van der Waals surface area contributed by atoms with Gasteiger partial charge in [0.1, 0.15) is 5.69 Å². The molecule has 3 rings (SSSR count). The number of nitro groups is 1. The van der Waals surface area contributed by atoms with Crippen molar-refractivity contribution in [1.29, 1.82) is 0 Å². The second-order valence-electron chi connectivity index (χ2n) is 7.36. The number of Topliss-reactive ketones (excluding diaryl/α,β-unsaturated/α-hetero) is 1. The summed E-state index contributed by atoms with van der Waals surface area (Å²) in [6, 6.07) is 2.45. The Kier molecular flexibility index (Phi) is 6.09. The van der Waals surface area contributed by atoms with E-state index in [-0.39, 0.29) is 24.6 Å². The highest BCUT2D eigenvalue weighted by Gasteiger charge is 2.36. The molecule has 158 valence electrons. The molecule has 0 amide bonds. The van der Waals surface area contributed by atoms with Gasteiger partial charge in [0, 0.05) is 25.6 Å². The van der Waals surface area contributed by atoms with E-state index in [1.165, 1.54) is 0 Å². The molecule has 0 unspecified atom stereocenters. The molecule has 0 aromatic heterocycles. The first-order chi connectivity index (χ1) is 13.7. The second kappa shape index (κ2) is 8.38. The maximum atomic E-state index is 12.9. The number of carbonyl (C=O) groups excluding carboxylic acids is 2. The van der Waals surface area contributed by atoms with Crippen LogP contribution in [0.4, 0.5) is 24.5 Å². The van der Waals surface area contributed by atoms with E-state index in [0.717, 1.165) is 25.0 Å². The van der Waals surface area contributed by atoms with E-state index < -0.39 is 40.3 Å². The monoisotopic (exact) mass is 414 g/mol. The molecular formula is C19H21F3N2O5. The van der Waals surface area contributed by atoms with Crippen LogP contribution in [0.25, 0.3) is 0 Å². The highest BCUT2D eigenvalue weighted by Crippen LogP contribution is 2.37. The number of rotatable bonds is 4. The lowest BCUT2D eigenvalue weighted by Crippen LogP contribution is -2.39. The van der Waals surface area contributed by atoms with Crippen molar-refractivity contribution in [3.63, 3.8) is 0 Å². The zero-order chi connectivity index (χ0) is 21.2. The highest BCUT2D eigenvalue weighted by atomic mass is 19.4. The molecule has 1 atom stereocenters. The molecule has 1 aromatic carbocycles. The molecule has 2 fully saturated rings. The SMILES string of the molecule is O=C(O[C@@H]1CCCCC1=O)C1CCN(c2ccc(C(F)(F)F)cc2[N+](=O)[O-])CC1. The number of piperidine rings is 1.